The SMILES string of the molecule is CC(C)[C@H](NC(=O)CN)C(=O)N[C@@H](C)C(=O)Nc1ccc(COC(=O)N(C)Cc2ccccc2C(=O)Nc2nc3c(ncn3[C@@H]3O[C@@H]4CO[P@@](=O)(S)O[C@H]5C[C@H](Oc6ccncn6)C[C@@H]5CO[P@@](=O)(S)O[C@@H]3[C@@H]4O)c(=O)[nH]2)cc1. The molecule has 8 N–H and O–H groups in total. The first kappa shape index (κ1) is 58.8. The van der Waals surface area contributed by atoms with Gasteiger partial charge < -0.3 is 50.4 Å². The zero-order valence-electron chi connectivity index (χ0n) is 42.8. The number of aromatic nitrogens is 6. The minimum Gasteiger partial charge on any atom is -0.474 e. The highest BCUT2D eigenvalue weighted by molar-refractivity contribution is 8.44. The molecule has 32 heteroatoms. The topological polar surface area (TPSA) is 371 Å². The van der Waals surface area contributed by atoms with Crippen LogP contribution in [0, 0.1) is 11.8 Å². The van der Waals surface area contributed by atoms with Crippen molar-refractivity contribution >= 4 is 90.6 Å². The molecule has 2 saturated heterocycles. The molecule has 2 bridgehead atoms. The number of ether oxygens (including phenoxy) is 3. The number of hydrogen-bond acceptors (Lipinski definition) is 21. The Labute approximate surface area is 461 Å². The molecule has 0 unspecified atom stereocenters. The number of benzene rings is 2. The van der Waals surface area contributed by atoms with Crippen molar-refractivity contribution in [2.75, 3.05) is 37.4 Å². The third kappa shape index (κ3) is 14.9. The van der Waals surface area contributed by atoms with Crippen molar-refractivity contribution in [2.24, 2.45) is 17.6 Å². The molecule has 1 aliphatic carbocycles. The Bertz CT molecular complexity index is 3200. The number of carbonyl (C=O) groups excluding carboxylic acids is 5. The minimum atomic E-state index is -4.37. The predicted octanol–water partition coefficient (Wildman–Crippen LogP) is 3.48. The molecule has 3 aliphatic rings. The quantitative estimate of drug-likeness (QED) is 0.0504. The van der Waals surface area contributed by atoms with E-state index in [1.165, 1.54) is 42.0 Å². The molecule has 2 aliphatic heterocycles. The van der Waals surface area contributed by atoms with Crippen LogP contribution in [0.4, 0.5) is 16.4 Å². The Kier molecular flexibility index (Phi) is 18.9. The summed E-state index contributed by atoms with van der Waals surface area (Å²) in [7, 11) is 1.46. The van der Waals surface area contributed by atoms with E-state index >= 15 is 0 Å². The standard InChI is InChI=1S/C47H58N12O16P2S2/c1-24(2)36(54-34(60)17-48)43(64)52-25(3)41(62)53-29-11-9-26(10-12-29)19-69-47(66)58(4)18-27-7-5-6-8-31(27)42(63)56-46-55-40-37(44(65)57-46)51-23-59(40)45-39-38(61)33(73-45)21-71-76(67,78)74-32-16-30(72-35-13-14-49-22-50-35)15-28(32)20-70-77(68,79)75-39/h5-14,22-25,28,30,32-33,36,38-39,45,61H,15-21,48H2,1-4H3,(H,52,64)(H,53,62)(H,54,60)(H,67,78)(H,68,79)(H2,55,56,57,63,65)/t25-,28+,30+,32-,33+,36-,38+,39+,45+,76+,77+/m0/s1. The third-order valence-corrected chi connectivity index (χ3v) is 16.1. The van der Waals surface area contributed by atoms with Crippen LogP contribution in [0.1, 0.15) is 61.3 Å². The lowest BCUT2D eigenvalue weighted by Gasteiger charge is -2.26. The van der Waals surface area contributed by atoms with Gasteiger partial charge in [0.25, 0.3) is 11.5 Å². The molecule has 5 aromatic rings. The van der Waals surface area contributed by atoms with Gasteiger partial charge in [-0.25, -0.2) is 28.9 Å². The second-order valence-electron chi connectivity index (χ2n) is 19.0. The molecule has 8 rings (SSSR count). The predicted molar refractivity (Wildman–Crippen MR) is 287 cm³/mol. The summed E-state index contributed by atoms with van der Waals surface area (Å²) in [6, 6.07) is 12.5. The fourth-order valence-corrected chi connectivity index (χ4v) is 11.8. The van der Waals surface area contributed by atoms with Crippen LogP contribution in [-0.4, -0.2) is 139 Å². The second-order valence-corrected chi connectivity index (χ2v) is 24.7. The number of hydrogen-bond donors (Lipinski definition) is 9. The van der Waals surface area contributed by atoms with E-state index in [0.717, 1.165) is 6.33 Å². The van der Waals surface area contributed by atoms with Crippen LogP contribution < -0.4 is 37.3 Å². The van der Waals surface area contributed by atoms with Crippen LogP contribution >= 0.6 is 38.1 Å². The lowest BCUT2D eigenvalue weighted by Crippen LogP contribution is -2.54. The molecule has 11 atom stereocenters. The number of nitrogens with zero attached hydrogens (tertiary/aromatic N) is 6. The van der Waals surface area contributed by atoms with Crippen molar-refractivity contribution in [3.8, 4) is 5.88 Å². The van der Waals surface area contributed by atoms with Gasteiger partial charge in [0.2, 0.25) is 29.5 Å². The second kappa shape index (κ2) is 25.4. The number of amides is 5. The fraction of sp³-hybridized carbons (Fsp3) is 0.447. The minimum absolute atomic E-state index is 0.0995. The Balaban J connectivity index is 0.891. The number of fused-ring (bicyclic) bond motifs is 4. The first-order valence-corrected chi connectivity index (χ1v) is 30.0. The van der Waals surface area contributed by atoms with Gasteiger partial charge in [0.1, 0.15) is 49.4 Å². The van der Waals surface area contributed by atoms with Gasteiger partial charge in [-0.05, 0) is 48.6 Å². The summed E-state index contributed by atoms with van der Waals surface area (Å²) in [5.74, 6) is -3.19. The van der Waals surface area contributed by atoms with Crippen molar-refractivity contribution in [3.05, 3.63) is 100 Å². The van der Waals surface area contributed by atoms with Crippen molar-refractivity contribution < 1.29 is 70.5 Å². The summed E-state index contributed by atoms with van der Waals surface area (Å²) in [6.07, 6.45) is -3.55. The average molecular weight is 1170 g/mol. The van der Waals surface area contributed by atoms with Gasteiger partial charge >= 0.3 is 19.7 Å². The molecule has 3 fully saturated rings. The number of rotatable bonds is 16. The summed E-state index contributed by atoms with van der Waals surface area (Å²) in [5.41, 5.74) is 5.64. The van der Waals surface area contributed by atoms with E-state index < -0.39 is 110 Å². The van der Waals surface area contributed by atoms with E-state index in [9.17, 15) is 43.0 Å². The molecule has 28 nitrogen and oxygen atoms in total. The zero-order valence-corrected chi connectivity index (χ0v) is 46.3. The maximum absolute atomic E-state index is 13.9. The number of H-pyrrole nitrogens is 1. The molecular weight excluding hydrogens is 1110 g/mol. The molecule has 0 radical (unpaired) electrons. The smallest absolute Gasteiger partial charge is 0.410 e. The molecule has 1 saturated carbocycles. The number of nitrogens with two attached hydrogens (primary N) is 1. The number of imidazole rings is 1. The van der Waals surface area contributed by atoms with E-state index in [2.05, 4.69) is 70.7 Å². The van der Waals surface area contributed by atoms with E-state index in [0.29, 0.717) is 22.7 Å². The van der Waals surface area contributed by atoms with E-state index in [1.807, 2.05) is 0 Å². The normalized spacial score (nSPS) is 25.8. The summed E-state index contributed by atoms with van der Waals surface area (Å²) < 4.78 is 69.5. The highest BCUT2D eigenvalue weighted by Crippen LogP contribution is 2.60. The molecule has 79 heavy (non-hydrogen) atoms. The van der Waals surface area contributed by atoms with Gasteiger partial charge in [-0.2, -0.15) is 4.98 Å². The highest BCUT2D eigenvalue weighted by Gasteiger charge is 2.51. The summed E-state index contributed by atoms with van der Waals surface area (Å²) in [5, 5.41) is 22.0. The number of aliphatic hydroxyl groups is 1. The Morgan fingerprint density at radius 1 is 0.937 bits per heavy atom. The number of anilines is 2. The number of carbonyl (C=O) groups is 5. The number of thiol groups is 2. The maximum atomic E-state index is 13.9. The van der Waals surface area contributed by atoms with Gasteiger partial charge in [-0.15, -0.1) is 0 Å². The van der Waals surface area contributed by atoms with Crippen LogP contribution in [-0.2, 0) is 64.2 Å². The van der Waals surface area contributed by atoms with E-state index in [1.54, 1.807) is 62.4 Å². The molecule has 424 valence electrons. The lowest BCUT2D eigenvalue weighted by molar-refractivity contribution is -0.131. The summed E-state index contributed by atoms with van der Waals surface area (Å²) in [6.45, 7) is -4.95. The largest absolute Gasteiger partial charge is 0.474 e. The number of nitrogens with one attached hydrogen (secondary N) is 5. The molecule has 5 heterocycles. The van der Waals surface area contributed by atoms with E-state index in [-0.39, 0.29) is 67.7 Å². The molecule has 0 spiro atoms. The monoisotopic (exact) mass is 1170 g/mol. The first-order chi connectivity index (χ1) is 37.6. The highest BCUT2D eigenvalue weighted by atomic mass is 32.7. The van der Waals surface area contributed by atoms with Crippen LogP contribution in [0.25, 0.3) is 11.2 Å². The van der Waals surface area contributed by atoms with Crippen LogP contribution in [0.3, 0.4) is 0 Å². The van der Waals surface area contributed by atoms with Crippen molar-refractivity contribution in [1.82, 2.24) is 45.0 Å². The number of aliphatic hydroxyl groups excluding tert-OH is 1. The fourth-order valence-electron chi connectivity index (χ4n) is 8.77. The van der Waals surface area contributed by atoms with Gasteiger partial charge in [0.05, 0.1) is 32.2 Å². The summed E-state index contributed by atoms with van der Waals surface area (Å²) in [4.78, 5) is 98.4. The van der Waals surface area contributed by atoms with Crippen LogP contribution in [0.2, 0.25) is 0 Å². The Morgan fingerprint density at radius 2 is 1.67 bits per heavy atom. The van der Waals surface area contributed by atoms with Crippen LogP contribution in [0.15, 0.2) is 78.2 Å². The first-order valence-electron chi connectivity index (χ1n) is 24.6. The number of aromatic amines is 1. The van der Waals surface area contributed by atoms with Gasteiger partial charge in [0, 0.05) is 49.4 Å². The summed E-state index contributed by atoms with van der Waals surface area (Å²) >= 11 is 8.41. The van der Waals surface area contributed by atoms with Crippen LogP contribution in [0.5, 0.6) is 5.88 Å². The van der Waals surface area contributed by atoms with Crippen molar-refractivity contribution in [3.63, 3.8) is 0 Å². The van der Waals surface area contributed by atoms with Gasteiger partial charge in [-0.3, -0.25) is 52.4 Å². The molecular formula is C47H58N12O16P2S2. The molecule has 3 aromatic heterocycles. The zero-order chi connectivity index (χ0) is 56.8. The van der Waals surface area contributed by atoms with E-state index in [4.69, 9.17) is 38.0 Å². The van der Waals surface area contributed by atoms with Crippen molar-refractivity contribution in [1.29, 1.82) is 0 Å². The molecule has 5 amide bonds. The van der Waals surface area contributed by atoms with Crippen molar-refractivity contribution in [2.45, 2.75) is 95.6 Å². The molecule has 2 aromatic carbocycles. The lowest BCUT2D eigenvalue weighted by atomic mass is 10.0. The third-order valence-electron chi connectivity index (χ3n) is 12.8. The van der Waals surface area contributed by atoms with Gasteiger partial charge in [-0.1, -0.05) is 68.7 Å². The Hall–Kier alpha value is -6.30. The average Bonchev–Trinajstić information content (AvgIpc) is 4.20. The maximum Gasteiger partial charge on any atom is 0.410 e. The Morgan fingerprint density at radius 3 is 2.39 bits per heavy atom. The van der Waals surface area contributed by atoms with Gasteiger partial charge in [0.15, 0.2) is 17.4 Å².